The Hall–Kier alpha value is -1.56. The van der Waals surface area contributed by atoms with E-state index in [9.17, 15) is 9.59 Å². The molecule has 0 atom stereocenters. The molecule has 1 fully saturated rings. The van der Waals surface area contributed by atoms with Crippen molar-refractivity contribution in [2.45, 2.75) is 39.2 Å². The minimum Gasteiger partial charge on any atom is -0.380 e. The summed E-state index contributed by atoms with van der Waals surface area (Å²) in [5.74, 6) is 0.605. The Morgan fingerprint density at radius 2 is 2.19 bits per heavy atom. The number of aromatic amines is 1. The monoisotopic (exact) mass is 312 g/mol. The summed E-state index contributed by atoms with van der Waals surface area (Å²) in [6.07, 6.45) is 3.79. The molecule has 0 unspecified atom stereocenters. The molecule has 2 heterocycles. The maximum atomic E-state index is 12.0. The van der Waals surface area contributed by atoms with Gasteiger partial charge in [-0.05, 0) is 18.8 Å². The summed E-state index contributed by atoms with van der Waals surface area (Å²) in [4.78, 5) is 25.3. The molecule has 1 saturated heterocycles. The second-order valence-electron chi connectivity index (χ2n) is 5.82. The van der Waals surface area contributed by atoms with Crippen molar-refractivity contribution in [3.05, 3.63) is 21.6 Å². The number of nitrogens with zero attached hydrogens (tertiary/aromatic N) is 2. The minimum atomic E-state index is -0.397. The molecule has 0 aromatic carbocycles. The van der Waals surface area contributed by atoms with Crippen LogP contribution in [-0.4, -0.2) is 40.1 Å². The summed E-state index contributed by atoms with van der Waals surface area (Å²) >= 11 is 5.94. The molecule has 1 aliphatic rings. The molecule has 0 aliphatic carbocycles. The zero-order chi connectivity index (χ0) is 15.4. The van der Waals surface area contributed by atoms with E-state index in [4.69, 9.17) is 11.6 Å². The van der Waals surface area contributed by atoms with Crippen LogP contribution in [0.5, 0.6) is 0 Å². The highest BCUT2D eigenvalue weighted by Gasteiger charge is 2.23. The number of rotatable bonds is 4. The van der Waals surface area contributed by atoms with Crippen LogP contribution < -0.4 is 10.9 Å². The van der Waals surface area contributed by atoms with Crippen LogP contribution in [0, 0.1) is 5.92 Å². The highest BCUT2D eigenvalue weighted by atomic mass is 35.5. The van der Waals surface area contributed by atoms with Crippen molar-refractivity contribution < 1.29 is 4.79 Å². The summed E-state index contributed by atoms with van der Waals surface area (Å²) < 4.78 is 0. The number of anilines is 1. The first-order valence-electron chi connectivity index (χ1n) is 7.25. The smallest absolute Gasteiger partial charge is 0.285 e. The molecule has 1 aromatic rings. The van der Waals surface area contributed by atoms with Crippen LogP contribution in [0.15, 0.2) is 11.0 Å². The first kappa shape index (κ1) is 15.8. The highest BCUT2D eigenvalue weighted by molar-refractivity contribution is 6.32. The van der Waals surface area contributed by atoms with E-state index in [1.165, 1.54) is 6.20 Å². The van der Waals surface area contributed by atoms with Gasteiger partial charge in [0.25, 0.3) is 5.56 Å². The van der Waals surface area contributed by atoms with Crippen LogP contribution in [-0.2, 0) is 4.79 Å². The fourth-order valence-electron chi connectivity index (χ4n) is 2.46. The molecule has 2 N–H and O–H groups in total. The van der Waals surface area contributed by atoms with E-state index < -0.39 is 5.56 Å². The van der Waals surface area contributed by atoms with Crippen molar-refractivity contribution in [2.75, 3.05) is 18.4 Å². The lowest BCUT2D eigenvalue weighted by atomic mass is 10.0. The molecule has 0 spiro atoms. The van der Waals surface area contributed by atoms with Crippen LogP contribution in [0.1, 0.15) is 33.1 Å². The number of halogens is 1. The van der Waals surface area contributed by atoms with E-state index in [-0.39, 0.29) is 17.0 Å². The second-order valence-corrected chi connectivity index (χ2v) is 6.20. The lowest BCUT2D eigenvalue weighted by molar-refractivity contribution is -0.132. The summed E-state index contributed by atoms with van der Waals surface area (Å²) in [6.45, 7) is 5.57. The number of likely N-dealkylation sites (tertiary alicyclic amines) is 1. The number of hydrogen-bond acceptors (Lipinski definition) is 4. The molecule has 0 radical (unpaired) electrons. The van der Waals surface area contributed by atoms with Crippen LogP contribution in [0.2, 0.25) is 5.02 Å². The number of carbonyl (C=O) groups excluding carboxylic acids is 1. The molecule has 6 nitrogen and oxygen atoms in total. The van der Waals surface area contributed by atoms with E-state index in [1.54, 1.807) is 0 Å². The Balaban J connectivity index is 1.88. The Morgan fingerprint density at radius 3 is 2.81 bits per heavy atom. The molecule has 0 saturated carbocycles. The predicted octanol–water partition coefficient (Wildman–Crippen LogP) is 1.87. The van der Waals surface area contributed by atoms with Gasteiger partial charge in [0.15, 0.2) is 0 Å². The Morgan fingerprint density at radius 1 is 1.52 bits per heavy atom. The number of nitrogens with one attached hydrogen (secondary N) is 2. The average Bonchev–Trinajstić information content (AvgIpc) is 2.44. The van der Waals surface area contributed by atoms with Crippen molar-refractivity contribution in [3.8, 4) is 0 Å². The maximum Gasteiger partial charge on any atom is 0.285 e. The first-order chi connectivity index (χ1) is 9.97. The molecular weight excluding hydrogens is 292 g/mol. The molecule has 7 heteroatoms. The summed E-state index contributed by atoms with van der Waals surface area (Å²) in [6, 6.07) is 0.203. The Bertz CT molecular complexity index is 550. The summed E-state index contributed by atoms with van der Waals surface area (Å²) in [5, 5.41) is 9.39. The molecule has 2 rings (SSSR count). The largest absolute Gasteiger partial charge is 0.380 e. The summed E-state index contributed by atoms with van der Waals surface area (Å²) in [7, 11) is 0. The molecule has 0 bridgehead atoms. The predicted molar refractivity (Wildman–Crippen MR) is 82.5 cm³/mol. The molecular formula is C14H21ClN4O2. The van der Waals surface area contributed by atoms with Gasteiger partial charge < -0.3 is 10.2 Å². The Labute approximate surface area is 128 Å². The van der Waals surface area contributed by atoms with Gasteiger partial charge >= 0.3 is 0 Å². The SMILES string of the molecule is CC(C)CC(=O)N1CCC(Nc2cn[nH]c(=O)c2Cl)CC1. The fourth-order valence-corrected chi connectivity index (χ4v) is 2.60. The topological polar surface area (TPSA) is 78.1 Å². The third kappa shape index (κ3) is 4.20. The van der Waals surface area contributed by atoms with Gasteiger partial charge in [-0.15, -0.1) is 0 Å². The normalized spacial score (nSPS) is 16.3. The number of piperidine rings is 1. The van der Waals surface area contributed by atoms with Crippen molar-refractivity contribution in [1.82, 2.24) is 15.1 Å². The van der Waals surface area contributed by atoms with Crippen LogP contribution in [0.3, 0.4) is 0 Å². The van der Waals surface area contributed by atoms with Crippen molar-refractivity contribution >= 4 is 23.2 Å². The van der Waals surface area contributed by atoms with Gasteiger partial charge in [-0.2, -0.15) is 5.10 Å². The van der Waals surface area contributed by atoms with E-state index in [1.807, 2.05) is 18.7 Å². The zero-order valence-corrected chi connectivity index (χ0v) is 13.1. The van der Waals surface area contributed by atoms with Gasteiger partial charge in [0.1, 0.15) is 5.02 Å². The standard InChI is InChI=1S/C14H21ClN4O2/c1-9(2)7-12(20)19-5-3-10(4-6-19)17-11-8-16-18-14(21)13(11)15/h8-10H,3-7H2,1-2H3,(H2,17,18,21). The van der Waals surface area contributed by atoms with E-state index in [2.05, 4.69) is 15.5 Å². The third-order valence-corrected chi connectivity index (χ3v) is 3.96. The van der Waals surface area contributed by atoms with Gasteiger partial charge in [-0.3, -0.25) is 9.59 Å². The molecule has 1 aliphatic heterocycles. The van der Waals surface area contributed by atoms with Crippen LogP contribution in [0.25, 0.3) is 0 Å². The minimum absolute atomic E-state index is 0.128. The van der Waals surface area contributed by atoms with Gasteiger partial charge in [0.05, 0.1) is 11.9 Å². The Kier molecular flexibility index (Phi) is 5.22. The van der Waals surface area contributed by atoms with E-state index in [0.717, 1.165) is 25.9 Å². The number of amides is 1. The lowest BCUT2D eigenvalue weighted by Crippen LogP contribution is -2.42. The maximum absolute atomic E-state index is 12.0. The number of aromatic nitrogens is 2. The average molecular weight is 313 g/mol. The van der Waals surface area contributed by atoms with Crippen LogP contribution in [0.4, 0.5) is 5.69 Å². The number of hydrogen-bond donors (Lipinski definition) is 2. The van der Waals surface area contributed by atoms with Gasteiger partial charge in [0, 0.05) is 25.6 Å². The zero-order valence-electron chi connectivity index (χ0n) is 12.4. The van der Waals surface area contributed by atoms with Crippen molar-refractivity contribution in [3.63, 3.8) is 0 Å². The third-order valence-electron chi connectivity index (χ3n) is 3.59. The number of carbonyl (C=O) groups is 1. The fraction of sp³-hybridized carbons (Fsp3) is 0.643. The molecule has 21 heavy (non-hydrogen) atoms. The van der Waals surface area contributed by atoms with Gasteiger partial charge in [-0.1, -0.05) is 25.4 Å². The molecule has 1 amide bonds. The van der Waals surface area contributed by atoms with Crippen molar-refractivity contribution in [1.29, 1.82) is 0 Å². The van der Waals surface area contributed by atoms with Crippen molar-refractivity contribution in [2.24, 2.45) is 5.92 Å². The van der Waals surface area contributed by atoms with E-state index >= 15 is 0 Å². The number of H-pyrrole nitrogens is 1. The quantitative estimate of drug-likeness (QED) is 0.889. The highest BCUT2D eigenvalue weighted by Crippen LogP contribution is 2.21. The first-order valence-corrected chi connectivity index (χ1v) is 7.62. The lowest BCUT2D eigenvalue weighted by Gasteiger charge is -2.33. The molecule has 116 valence electrons. The second kappa shape index (κ2) is 6.93. The van der Waals surface area contributed by atoms with Gasteiger partial charge in [0.2, 0.25) is 5.91 Å². The molecule has 1 aromatic heterocycles. The van der Waals surface area contributed by atoms with E-state index in [0.29, 0.717) is 18.0 Å². The van der Waals surface area contributed by atoms with Crippen LogP contribution >= 0.6 is 11.6 Å². The van der Waals surface area contributed by atoms with Gasteiger partial charge in [-0.25, -0.2) is 5.10 Å². The summed E-state index contributed by atoms with van der Waals surface area (Å²) in [5.41, 5.74) is 0.151.